The molecular weight excluding hydrogens is 366 g/mol. The Balaban J connectivity index is 2.11. The molecule has 106 valence electrons. The fraction of sp³-hybridized carbons (Fsp3) is 0.167. The standard InChI is InChI=1S/C12H11BrClN3O2S/c1-6-10(20-12(13)16-6)5-19-7-2-3-8(9(14)4-7)11(15)17-18/h2-4,18H,5H2,1H3,(H2,15,17). The number of hydrogen-bond donors (Lipinski definition) is 2. The molecule has 8 heteroatoms. The summed E-state index contributed by atoms with van der Waals surface area (Å²) in [5, 5.41) is 11.9. The van der Waals surface area contributed by atoms with E-state index in [9.17, 15) is 0 Å². The van der Waals surface area contributed by atoms with Crippen LogP contribution in [0.1, 0.15) is 16.1 Å². The van der Waals surface area contributed by atoms with Gasteiger partial charge in [-0.3, -0.25) is 0 Å². The number of aryl methyl sites for hydroxylation is 1. The number of halogens is 2. The number of nitrogens with zero attached hydrogens (tertiary/aromatic N) is 2. The summed E-state index contributed by atoms with van der Waals surface area (Å²) in [7, 11) is 0. The minimum Gasteiger partial charge on any atom is -0.488 e. The average Bonchev–Trinajstić information content (AvgIpc) is 2.74. The Bertz CT molecular complexity index is 660. The molecule has 2 rings (SSSR count). The molecule has 0 aliphatic carbocycles. The fourth-order valence-corrected chi connectivity index (χ4v) is 3.34. The zero-order valence-corrected chi connectivity index (χ0v) is 13.6. The van der Waals surface area contributed by atoms with Gasteiger partial charge in [-0.05, 0) is 41.1 Å². The molecule has 0 bridgehead atoms. The average molecular weight is 377 g/mol. The number of rotatable bonds is 4. The van der Waals surface area contributed by atoms with Gasteiger partial charge in [-0.15, -0.1) is 11.3 Å². The van der Waals surface area contributed by atoms with E-state index in [2.05, 4.69) is 26.1 Å². The molecule has 1 aromatic carbocycles. The van der Waals surface area contributed by atoms with Crippen LogP contribution in [0.4, 0.5) is 0 Å². The van der Waals surface area contributed by atoms with E-state index in [1.165, 1.54) is 11.3 Å². The lowest BCUT2D eigenvalue weighted by molar-refractivity contribution is 0.308. The normalized spacial score (nSPS) is 11.7. The summed E-state index contributed by atoms with van der Waals surface area (Å²) in [6.07, 6.45) is 0. The summed E-state index contributed by atoms with van der Waals surface area (Å²) in [6.45, 7) is 2.34. The van der Waals surface area contributed by atoms with Crippen LogP contribution >= 0.6 is 38.9 Å². The van der Waals surface area contributed by atoms with Gasteiger partial charge in [0.15, 0.2) is 9.75 Å². The van der Waals surface area contributed by atoms with E-state index in [1.54, 1.807) is 18.2 Å². The maximum atomic E-state index is 8.63. The molecule has 1 aromatic heterocycles. The highest BCUT2D eigenvalue weighted by atomic mass is 79.9. The van der Waals surface area contributed by atoms with E-state index in [4.69, 9.17) is 27.3 Å². The smallest absolute Gasteiger partial charge is 0.171 e. The van der Waals surface area contributed by atoms with E-state index < -0.39 is 0 Å². The zero-order valence-electron chi connectivity index (χ0n) is 10.4. The summed E-state index contributed by atoms with van der Waals surface area (Å²) in [6, 6.07) is 4.98. The predicted octanol–water partition coefficient (Wildman–Crippen LogP) is 3.54. The van der Waals surface area contributed by atoms with Crippen molar-refractivity contribution in [1.29, 1.82) is 0 Å². The van der Waals surface area contributed by atoms with Gasteiger partial charge in [-0.2, -0.15) is 0 Å². The van der Waals surface area contributed by atoms with Crippen LogP contribution in [0.3, 0.4) is 0 Å². The number of aromatic nitrogens is 1. The number of ether oxygens (including phenoxy) is 1. The molecule has 0 unspecified atom stereocenters. The third-order valence-electron chi connectivity index (χ3n) is 2.56. The van der Waals surface area contributed by atoms with Gasteiger partial charge >= 0.3 is 0 Å². The van der Waals surface area contributed by atoms with Gasteiger partial charge in [0.05, 0.1) is 15.6 Å². The lowest BCUT2D eigenvalue weighted by atomic mass is 10.2. The van der Waals surface area contributed by atoms with E-state index in [-0.39, 0.29) is 5.84 Å². The second-order valence-electron chi connectivity index (χ2n) is 3.89. The van der Waals surface area contributed by atoms with Crippen molar-refractivity contribution < 1.29 is 9.94 Å². The third-order valence-corrected chi connectivity index (χ3v) is 4.46. The Hall–Kier alpha value is -1.31. The number of benzene rings is 1. The van der Waals surface area contributed by atoms with Crippen LogP contribution in [0.2, 0.25) is 5.02 Å². The Kier molecular flexibility index (Phi) is 4.85. The van der Waals surface area contributed by atoms with Crippen molar-refractivity contribution in [2.45, 2.75) is 13.5 Å². The van der Waals surface area contributed by atoms with Crippen molar-refractivity contribution in [3.05, 3.63) is 43.3 Å². The van der Waals surface area contributed by atoms with Crippen molar-refractivity contribution in [2.75, 3.05) is 0 Å². The molecule has 0 aliphatic heterocycles. The number of thiazole rings is 1. The van der Waals surface area contributed by atoms with Crippen molar-refractivity contribution in [3.8, 4) is 5.75 Å². The van der Waals surface area contributed by atoms with E-state index in [0.717, 1.165) is 14.5 Å². The summed E-state index contributed by atoms with van der Waals surface area (Å²) < 4.78 is 6.49. The molecule has 0 saturated heterocycles. The molecule has 0 amide bonds. The number of hydrogen-bond acceptors (Lipinski definition) is 5. The van der Waals surface area contributed by atoms with E-state index in [0.29, 0.717) is 22.9 Å². The molecule has 3 N–H and O–H groups in total. The van der Waals surface area contributed by atoms with Crippen molar-refractivity contribution in [1.82, 2.24) is 4.98 Å². The quantitative estimate of drug-likeness (QED) is 0.370. The van der Waals surface area contributed by atoms with Crippen molar-refractivity contribution in [3.63, 3.8) is 0 Å². The molecule has 2 aromatic rings. The van der Waals surface area contributed by atoms with Crippen LogP contribution in [0.15, 0.2) is 27.3 Å². The summed E-state index contributed by atoms with van der Waals surface area (Å²) in [4.78, 5) is 5.29. The van der Waals surface area contributed by atoms with Crippen LogP contribution in [0, 0.1) is 6.92 Å². The molecule has 20 heavy (non-hydrogen) atoms. The van der Waals surface area contributed by atoms with Crippen LogP contribution in [0.25, 0.3) is 0 Å². The van der Waals surface area contributed by atoms with Gasteiger partial charge in [0.2, 0.25) is 0 Å². The Morgan fingerprint density at radius 3 is 2.90 bits per heavy atom. The van der Waals surface area contributed by atoms with Crippen molar-refractivity contribution >= 4 is 44.7 Å². The Morgan fingerprint density at radius 2 is 2.35 bits per heavy atom. The highest BCUT2D eigenvalue weighted by molar-refractivity contribution is 9.11. The lowest BCUT2D eigenvalue weighted by Gasteiger charge is -2.08. The van der Waals surface area contributed by atoms with Crippen LogP contribution in [-0.4, -0.2) is 16.0 Å². The fourth-order valence-electron chi connectivity index (χ4n) is 1.52. The van der Waals surface area contributed by atoms with Crippen molar-refractivity contribution in [2.24, 2.45) is 10.9 Å². The SMILES string of the molecule is Cc1nc(Br)sc1COc1ccc(/C(N)=N/O)c(Cl)c1. The van der Waals surface area contributed by atoms with Gasteiger partial charge in [0, 0.05) is 5.56 Å². The van der Waals surface area contributed by atoms with Gasteiger partial charge in [0.1, 0.15) is 12.4 Å². The molecule has 0 aliphatic rings. The van der Waals surface area contributed by atoms with Gasteiger partial charge in [-0.25, -0.2) is 4.98 Å². The topological polar surface area (TPSA) is 80.7 Å². The van der Waals surface area contributed by atoms with E-state index >= 15 is 0 Å². The van der Waals surface area contributed by atoms with Crippen LogP contribution in [0.5, 0.6) is 5.75 Å². The lowest BCUT2D eigenvalue weighted by Crippen LogP contribution is -2.13. The maximum absolute atomic E-state index is 8.63. The number of nitrogens with two attached hydrogens (primary N) is 1. The molecule has 0 fully saturated rings. The first-order valence-corrected chi connectivity index (χ1v) is 7.52. The first-order valence-electron chi connectivity index (χ1n) is 5.53. The highest BCUT2D eigenvalue weighted by Gasteiger charge is 2.09. The molecule has 1 heterocycles. The first kappa shape index (κ1) is 15.1. The van der Waals surface area contributed by atoms with E-state index in [1.807, 2.05) is 6.92 Å². The molecule has 0 saturated carbocycles. The molecule has 0 atom stereocenters. The summed E-state index contributed by atoms with van der Waals surface area (Å²) >= 11 is 10.9. The molecule has 5 nitrogen and oxygen atoms in total. The first-order chi connectivity index (χ1) is 9.51. The van der Waals surface area contributed by atoms with Gasteiger partial charge in [-0.1, -0.05) is 16.8 Å². The van der Waals surface area contributed by atoms with Gasteiger partial charge in [0.25, 0.3) is 0 Å². The van der Waals surface area contributed by atoms with Crippen LogP contribution < -0.4 is 10.5 Å². The number of oxime groups is 1. The zero-order chi connectivity index (χ0) is 14.7. The molecule has 0 radical (unpaired) electrons. The molecule has 0 spiro atoms. The van der Waals surface area contributed by atoms with Crippen LogP contribution in [-0.2, 0) is 6.61 Å². The maximum Gasteiger partial charge on any atom is 0.171 e. The Labute approximate surface area is 133 Å². The minimum absolute atomic E-state index is 0.0382. The summed E-state index contributed by atoms with van der Waals surface area (Å²) in [5.41, 5.74) is 6.88. The monoisotopic (exact) mass is 375 g/mol. The largest absolute Gasteiger partial charge is 0.488 e. The highest BCUT2D eigenvalue weighted by Crippen LogP contribution is 2.26. The minimum atomic E-state index is -0.0382. The van der Waals surface area contributed by atoms with Gasteiger partial charge < -0.3 is 15.7 Å². The molecular formula is C12H11BrClN3O2S. The summed E-state index contributed by atoms with van der Waals surface area (Å²) in [5.74, 6) is 0.567. The second kappa shape index (κ2) is 6.43. The predicted molar refractivity (Wildman–Crippen MR) is 82.8 cm³/mol. The second-order valence-corrected chi connectivity index (χ2v) is 6.66. The number of amidine groups is 1. The Morgan fingerprint density at radius 1 is 1.60 bits per heavy atom. The third kappa shape index (κ3) is 3.41.